The van der Waals surface area contributed by atoms with Crippen LogP contribution in [0.4, 0.5) is 0 Å². The number of aliphatic hydroxyl groups is 1. The van der Waals surface area contributed by atoms with Crippen molar-refractivity contribution in [2.24, 2.45) is 5.41 Å². The van der Waals surface area contributed by atoms with E-state index in [1.165, 1.54) is 0 Å². The zero-order valence-electron chi connectivity index (χ0n) is 10.6. The van der Waals surface area contributed by atoms with Crippen LogP contribution in [0.3, 0.4) is 0 Å². The summed E-state index contributed by atoms with van der Waals surface area (Å²) in [7, 11) is 0. The van der Waals surface area contributed by atoms with Crippen LogP contribution in [-0.4, -0.2) is 11.7 Å². The minimum absolute atomic E-state index is 0.292. The molecule has 0 aromatic heterocycles. The Bertz CT molecular complexity index is 397. The predicted molar refractivity (Wildman–Crippen MR) is 72.0 cm³/mol. The standard InChI is InChI=1S/C13H18Cl2O2/c1-5-17-11-7-9(14)8(6-10(11)15)12(16)13(2,3)4/h6-7,12,16H,5H2,1-4H3. The van der Waals surface area contributed by atoms with Gasteiger partial charge in [0.2, 0.25) is 0 Å². The summed E-state index contributed by atoms with van der Waals surface area (Å²) in [5.41, 5.74) is 0.340. The maximum absolute atomic E-state index is 10.2. The Morgan fingerprint density at radius 2 is 1.82 bits per heavy atom. The van der Waals surface area contributed by atoms with Gasteiger partial charge in [0, 0.05) is 11.6 Å². The summed E-state index contributed by atoms with van der Waals surface area (Å²) in [6.07, 6.45) is -0.664. The van der Waals surface area contributed by atoms with Gasteiger partial charge in [-0.25, -0.2) is 0 Å². The molecule has 17 heavy (non-hydrogen) atoms. The molecule has 0 amide bonds. The maximum Gasteiger partial charge on any atom is 0.139 e. The quantitative estimate of drug-likeness (QED) is 0.883. The van der Waals surface area contributed by atoms with Crippen LogP contribution >= 0.6 is 23.2 Å². The molecule has 1 rings (SSSR count). The zero-order chi connectivity index (χ0) is 13.2. The number of hydrogen-bond donors (Lipinski definition) is 1. The number of rotatable bonds is 3. The largest absolute Gasteiger partial charge is 0.492 e. The molecule has 1 aromatic carbocycles. The van der Waals surface area contributed by atoms with Crippen molar-refractivity contribution < 1.29 is 9.84 Å². The van der Waals surface area contributed by atoms with Crippen molar-refractivity contribution in [2.45, 2.75) is 33.8 Å². The molecule has 1 unspecified atom stereocenters. The fourth-order valence-corrected chi connectivity index (χ4v) is 1.97. The third kappa shape index (κ3) is 3.51. The minimum Gasteiger partial charge on any atom is -0.492 e. The van der Waals surface area contributed by atoms with Crippen molar-refractivity contribution >= 4 is 23.2 Å². The Morgan fingerprint density at radius 3 is 2.29 bits per heavy atom. The van der Waals surface area contributed by atoms with Crippen LogP contribution in [0.15, 0.2) is 12.1 Å². The van der Waals surface area contributed by atoms with E-state index in [-0.39, 0.29) is 5.41 Å². The van der Waals surface area contributed by atoms with Crippen LogP contribution in [0, 0.1) is 5.41 Å². The summed E-state index contributed by atoms with van der Waals surface area (Å²) in [5.74, 6) is 0.545. The lowest BCUT2D eigenvalue weighted by Crippen LogP contribution is -2.18. The van der Waals surface area contributed by atoms with E-state index in [0.29, 0.717) is 28.0 Å². The maximum atomic E-state index is 10.2. The lowest BCUT2D eigenvalue weighted by Gasteiger charge is -2.27. The summed E-state index contributed by atoms with van der Waals surface area (Å²) in [6, 6.07) is 3.32. The summed E-state index contributed by atoms with van der Waals surface area (Å²) in [5, 5.41) is 11.1. The second-order valence-corrected chi connectivity index (χ2v) is 5.82. The van der Waals surface area contributed by atoms with Crippen LogP contribution < -0.4 is 4.74 Å². The molecule has 0 aliphatic rings. The van der Waals surface area contributed by atoms with Gasteiger partial charge in [-0.15, -0.1) is 0 Å². The number of aliphatic hydroxyl groups excluding tert-OH is 1. The van der Waals surface area contributed by atoms with Crippen molar-refractivity contribution in [2.75, 3.05) is 6.61 Å². The van der Waals surface area contributed by atoms with E-state index in [9.17, 15) is 5.11 Å². The van der Waals surface area contributed by atoms with Crippen LogP contribution in [0.5, 0.6) is 5.75 Å². The van der Waals surface area contributed by atoms with Gasteiger partial charge in [-0.2, -0.15) is 0 Å². The van der Waals surface area contributed by atoms with E-state index >= 15 is 0 Å². The number of hydrogen-bond acceptors (Lipinski definition) is 2. The van der Waals surface area contributed by atoms with Gasteiger partial charge in [0.15, 0.2) is 0 Å². The molecular weight excluding hydrogens is 259 g/mol. The van der Waals surface area contributed by atoms with Crippen LogP contribution in [-0.2, 0) is 0 Å². The summed E-state index contributed by atoms with van der Waals surface area (Å²) in [6.45, 7) is 8.23. The highest BCUT2D eigenvalue weighted by Crippen LogP contribution is 2.40. The van der Waals surface area contributed by atoms with E-state index in [2.05, 4.69) is 0 Å². The monoisotopic (exact) mass is 276 g/mol. The highest BCUT2D eigenvalue weighted by atomic mass is 35.5. The minimum atomic E-state index is -0.664. The number of benzene rings is 1. The molecule has 1 N–H and O–H groups in total. The van der Waals surface area contributed by atoms with Crippen LogP contribution in [0.1, 0.15) is 39.4 Å². The first-order valence-electron chi connectivity index (χ1n) is 5.57. The first-order chi connectivity index (χ1) is 7.77. The van der Waals surface area contributed by atoms with Gasteiger partial charge in [0.1, 0.15) is 5.75 Å². The smallest absolute Gasteiger partial charge is 0.139 e. The van der Waals surface area contributed by atoms with Crippen molar-refractivity contribution in [1.82, 2.24) is 0 Å². The van der Waals surface area contributed by atoms with Crippen LogP contribution in [0.2, 0.25) is 10.0 Å². The highest BCUT2D eigenvalue weighted by molar-refractivity contribution is 6.34. The fourth-order valence-electron chi connectivity index (χ4n) is 1.49. The van der Waals surface area contributed by atoms with Gasteiger partial charge in [0.25, 0.3) is 0 Å². The molecule has 0 aliphatic carbocycles. The molecule has 0 saturated carbocycles. The van der Waals surface area contributed by atoms with E-state index in [1.54, 1.807) is 12.1 Å². The lowest BCUT2D eigenvalue weighted by molar-refractivity contribution is 0.0627. The molecule has 0 spiro atoms. The molecule has 0 radical (unpaired) electrons. The molecule has 0 bridgehead atoms. The molecule has 2 nitrogen and oxygen atoms in total. The molecule has 0 aliphatic heterocycles. The Balaban J connectivity index is 3.15. The van der Waals surface area contributed by atoms with E-state index in [4.69, 9.17) is 27.9 Å². The molecule has 0 heterocycles. The Labute approximate surface area is 113 Å². The second-order valence-electron chi connectivity index (χ2n) is 5.01. The molecule has 96 valence electrons. The van der Waals surface area contributed by atoms with Crippen molar-refractivity contribution in [3.8, 4) is 5.75 Å². The number of halogens is 2. The average molecular weight is 277 g/mol. The van der Waals surface area contributed by atoms with Crippen molar-refractivity contribution in [3.05, 3.63) is 27.7 Å². The first kappa shape index (κ1) is 14.6. The third-order valence-electron chi connectivity index (χ3n) is 2.47. The van der Waals surface area contributed by atoms with E-state index < -0.39 is 6.10 Å². The van der Waals surface area contributed by atoms with Gasteiger partial charge in [-0.3, -0.25) is 0 Å². The first-order valence-corrected chi connectivity index (χ1v) is 6.32. The van der Waals surface area contributed by atoms with E-state index in [1.807, 2.05) is 27.7 Å². The Kier molecular flexibility index (Phi) is 4.70. The summed E-state index contributed by atoms with van der Waals surface area (Å²) in [4.78, 5) is 0. The van der Waals surface area contributed by atoms with Crippen molar-refractivity contribution in [3.63, 3.8) is 0 Å². The molecular formula is C13H18Cl2O2. The molecule has 1 aromatic rings. The van der Waals surface area contributed by atoms with Crippen LogP contribution in [0.25, 0.3) is 0 Å². The Morgan fingerprint density at radius 1 is 1.24 bits per heavy atom. The van der Waals surface area contributed by atoms with Crippen molar-refractivity contribution in [1.29, 1.82) is 0 Å². The molecule has 4 heteroatoms. The Hall–Kier alpha value is -0.440. The summed E-state index contributed by atoms with van der Waals surface area (Å²) < 4.78 is 5.34. The topological polar surface area (TPSA) is 29.5 Å². The van der Waals surface area contributed by atoms with E-state index in [0.717, 1.165) is 0 Å². The fraction of sp³-hybridized carbons (Fsp3) is 0.538. The lowest BCUT2D eigenvalue weighted by atomic mass is 9.85. The van der Waals surface area contributed by atoms with Gasteiger partial charge in [-0.05, 0) is 18.4 Å². The second kappa shape index (κ2) is 5.47. The summed E-state index contributed by atoms with van der Waals surface area (Å²) >= 11 is 12.2. The van der Waals surface area contributed by atoms with Gasteiger partial charge >= 0.3 is 0 Å². The molecule has 1 atom stereocenters. The highest BCUT2D eigenvalue weighted by Gasteiger charge is 2.26. The normalized spacial score (nSPS) is 13.6. The average Bonchev–Trinajstić information content (AvgIpc) is 2.21. The van der Waals surface area contributed by atoms with Gasteiger partial charge in [-0.1, -0.05) is 44.0 Å². The molecule has 0 fully saturated rings. The van der Waals surface area contributed by atoms with Gasteiger partial charge in [0.05, 0.1) is 22.8 Å². The zero-order valence-corrected chi connectivity index (χ0v) is 12.1. The predicted octanol–water partition coefficient (Wildman–Crippen LogP) is 4.47. The number of ether oxygens (including phenoxy) is 1. The molecule has 0 saturated heterocycles. The SMILES string of the molecule is CCOc1cc(Cl)c(C(O)C(C)(C)C)cc1Cl. The van der Waals surface area contributed by atoms with Gasteiger partial charge < -0.3 is 9.84 Å². The third-order valence-corrected chi connectivity index (χ3v) is 3.09.